The van der Waals surface area contributed by atoms with Gasteiger partial charge < -0.3 is 4.42 Å². The first kappa shape index (κ1) is 16.5. The third kappa shape index (κ3) is 3.41. The van der Waals surface area contributed by atoms with E-state index < -0.39 is 0 Å². The Morgan fingerprint density at radius 2 is 1.83 bits per heavy atom. The molecule has 0 aliphatic rings. The zero-order chi connectivity index (χ0) is 17.3. The molecular weight excluding hydrogens is 368 g/mol. The SMILES string of the molecule is Cc1cc(C)c(/C=N/NC(=O)c2cc3cc(Br)ccc3o2)c(C)c1. The van der Waals surface area contributed by atoms with Crippen LogP contribution >= 0.6 is 15.9 Å². The van der Waals surface area contributed by atoms with E-state index in [4.69, 9.17) is 4.42 Å². The summed E-state index contributed by atoms with van der Waals surface area (Å²) >= 11 is 3.40. The summed E-state index contributed by atoms with van der Waals surface area (Å²) in [6.45, 7) is 6.11. The van der Waals surface area contributed by atoms with Crippen molar-refractivity contribution in [1.29, 1.82) is 0 Å². The monoisotopic (exact) mass is 384 g/mol. The lowest BCUT2D eigenvalue weighted by molar-refractivity contribution is 0.0929. The van der Waals surface area contributed by atoms with Gasteiger partial charge in [-0.3, -0.25) is 4.79 Å². The summed E-state index contributed by atoms with van der Waals surface area (Å²) in [4.78, 5) is 12.2. The van der Waals surface area contributed by atoms with Gasteiger partial charge in [-0.25, -0.2) is 5.43 Å². The first-order valence-electron chi connectivity index (χ1n) is 7.54. The molecule has 3 aromatic rings. The second kappa shape index (κ2) is 6.61. The van der Waals surface area contributed by atoms with Gasteiger partial charge in [0.05, 0.1) is 6.21 Å². The van der Waals surface area contributed by atoms with Crippen LogP contribution in [0.1, 0.15) is 32.8 Å². The Morgan fingerprint density at radius 3 is 2.54 bits per heavy atom. The highest BCUT2D eigenvalue weighted by atomic mass is 79.9. The van der Waals surface area contributed by atoms with Crippen LogP contribution in [-0.4, -0.2) is 12.1 Å². The lowest BCUT2D eigenvalue weighted by Crippen LogP contribution is -2.17. The number of fused-ring (bicyclic) bond motifs is 1. The van der Waals surface area contributed by atoms with Crippen LogP contribution in [0.3, 0.4) is 0 Å². The molecule has 0 bridgehead atoms. The van der Waals surface area contributed by atoms with E-state index in [0.717, 1.165) is 26.5 Å². The molecule has 0 aliphatic heterocycles. The van der Waals surface area contributed by atoms with E-state index in [1.807, 2.05) is 32.0 Å². The fourth-order valence-corrected chi connectivity index (χ4v) is 3.11. The quantitative estimate of drug-likeness (QED) is 0.516. The van der Waals surface area contributed by atoms with Gasteiger partial charge in [0, 0.05) is 15.4 Å². The molecule has 1 N–H and O–H groups in total. The van der Waals surface area contributed by atoms with Crippen LogP contribution in [0.15, 0.2) is 50.4 Å². The Hall–Kier alpha value is -2.40. The molecule has 24 heavy (non-hydrogen) atoms. The van der Waals surface area contributed by atoms with E-state index in [2.05, 4.69) is 45.5 Å². The maximum Gasteiger partial charge on any atom is 0.307 e. The van der Waals surface area contributed by atoms with Crippen LogP contribution in [-0.2, 0) is 0 Å². The smallest absolute Gasteiger partial charge is 0.307 e. The molecule has 0 spiro atoms. The summed E-state index contributed by atoms with van der Waals surface area (Å²) in [7, 11) is 0. The number of benzene rings is 2. The number of nitrogens with zero attached hydrogens (tertiary/aromatic N) is 1. The predicted octanol–water partition coefficient (Wildman–Crippen LogP) is 4.88. The maximum atomic E-state index is 12.2. The molecule has 1 heterocycles. The Labute approximate surface area is 148 Å². The van der Waals surface area contributed by atoms with Gasteiger partial charge in [0.1, 0.15) is 5.58 Å². The highest BCUT2D eigenvalue weighted by Crippen LogP contribution is 2.23. The third-order valence-electron chi connectivity index (χ3n) is 3.80. The zero-order valence-corrected chi connectivity index (χ0v) is 15.3. The van der Waals surface area contributed by atoms with Crippen LogP contribution < -0.4 is 5.43 Å². The molecule has 0 saturated carbocycles. The van der Waals surface area contributed by atoms with E-state index in [1.54, 1.807) is 12.3 Å². The van der Waals surface area contributed by atoms with Crippen molar-refractivity contribution in [2.75, 3.05) is 0 Å². The number of nitrogens with one attached hydrogen (secondary N) is 1. The van der Waals surface area contributed by atoms with Crippen molar-refractivity contribution >= 4 is 39.0 Å². The Morgan fingerprint density at radius 1 is 1.12 bits per heavy atom. The van der Waals surface area contributed by atoms with Crippen molar-refractivity contribution in [3.8, 4) is 0 Å². The molecule has 0 fully saturated rings. The van der Waals surface area contributed by atoms with Gasteiger partial charge in [0.2, 0.25) is 0 Å². The number of carbonyl (C=O) groups is 1. The summed E-state index contributed by atoms with van der Waals surface area (Å²) in [5.41, 5.74) is 7.65. The van der Waals surface area contributed by atoms with Crippen LogP contribution in [0, 0.1) is 20.8 Å². The minimum atomic E-state index is -0.374. The van der Waals surface area contributed by atoms with E-state index in [1.165, 1.54) is 5.56 Å². The first-order valence-corrected chi connectivity index (χ1v) is 8.33. The standard InChI is InChI=1S/C19H17BrN2O2/c1-11-6-12(2)16(13(3)7-11)10-21-22-19(23)18-9-14-8-15(20)4-5-17(14)24-18/h4-10H,1-3H3,(H,22,23)/b21-10+. The summed E-state index contributed by atoms with van der Waals surface area (Å²) in [6, 6.07) is 11.5. The predicted molar refractivity (Wildman–Crippen MR) is 99.6 cm³/mol. The molecular formula is C19H17BrN2O2. The largest absolute Gasteiger partial charge is 0.451 e. The van der Waals surface area contributed by atoms with E-state index in [-0.39, 0.29) is 11.7 Å². The highest BCUT2D eigenvalue weighted by Gasteiger charge is 2.11. The lowest BCUT2D eigenvalue weighted by atomic mass is 10.0. The number of hydrogen-bond acceptors (Lipinski definition) is 3. The molecule has 3 rings (SSSR count). The molecule has 0 aliphatic carbocycles. The van der Waals surface area contributed by atoms with Crippen molar-refractivity contribution in [1.82, 2.24) is 5.43 Å². The van der Waals surface area contributed by atoms with Gasteiger partial charge in [-0.15, -0.1) is 0 Å². The topological polar surface area (TPSA) is 54.6 Å². The molecule has 4 nitrogen and oxygen atoms in total. The number of halogens is 1. The number of furan rings is 1. The summed E-state index contributed by atoms with van der Waals surface area (Å²) in [5, 5.41) is 4.93. The fraction of sp³-hybridized carbons (Fsp3) is 0.158. The van der Waals surface area contributed by atoms with Crippen molar-refractivity contribution in [3.05, 3.63) is 68.9 Å². The van der Waals surface area contributed by atoms with Gasteiger partial charge in [-0.2, -0.15) is 5.10 Å². The molecule has 2 aromatic carbocycles. The number of rotatable bonds is 3. The lowest BCUT2D eigenvalue weighted by Gasteiger charge is -2.06. The number of amides is 1. The first-order chi connectivity index (χ1) is 11.4. The molecule has 0 unspecified atom stereocenters. The number of hydrogen-bond donors (Lipinski definition) is 1. The van der Waals surface area contributed by atoms with Gasteiger partial charge in [-0.1, -0.05) is 33.6 Å². The van der Waals surface area contributed by atoms with Crippen LogP contribution in [0.25, 0.3) is 11.0 Å². The second-order valence-corrected chi connectivity index (χ2v) is 6.72. The second-order valence-electron chi connectivity index (χ2n) is 5.80. The van der Waals surface area contributed by atoms with Gasteiger partial charge in [-0.05, 0) is 56.2 Å². The van der Waals surface area contributed by atoms with Crippen molar-refractivity contribution in [2.45, 2.75) is 20.8 Å². The van der Waals surface area contributed by atoms with E-state index >= 15 is 0 Å². The average molecular weight is 385 g/mol. The minimum Gasteiger partial charge on any atom is -0.451 e. The van der Waals surface area contributed by atoms with Crippen molar-refractivity contribution in [3.63, 3.8) is 0 Å². The summed E-state index contributed by atoms with van der Waals surface area (Å²) < 4.78 is 6.48. The zero-order valence-electron chi connectivity index (χ0n) is 13.7. The fourth-order valence-electron chi connectivity index (χ4n) is 2.73. The Bertz CT molecular complexity index is 934. The van der Waals surface area contributed by atoms with E-state index in [0.29, 0.717) is 5.58 Å². The van der Waals surface area contributed by atoms with Gasteiger partial charge in [0.25, 0.3) is 0 Å². The van der Waals surface area contributed by atoms with Crippen LogP contribution in [0.5, 0.6) is 0 Å². The maximum absolute atomic E-state index is 12.2. The number of hydrazone groups is 1. The van der Waals surface area contributed by atoms with Crippen LogP contribution in [0.2, 0.25) is 0 Å². The van der Waals surface area contributed by atoms with Gasteiger partial charge >= 0.3 is 5.91 Å². The molecule has 0 saturated heterocycles. The minimum absolute atomic E-state index is 0.234. The molecule has 1 aromatic heterocycles. The van der Waals surface area contributed by atoms with Gasteiger partial charge in [0.15, 0.2) is 5.76 Å². The molecule has 1 amide bonds. The highest BCUT2D eigenvalue weighted by molar-refractivity contribution is 9.10. The Kier molecular flexibility index (Phi) is 4.53. The average Bonchev–Trinajstić information content (AvgIpc) is 2.92. The van der Waals surface area contributed by atoms with Crippen LogP contribution in [0.4, 0.5) is 0 Å². The molecule has 0 radical (unpaired) electrons. The summed E-state index contributed by atoms with van der Waals surface area (Å²) in [5.74, 6) is -0.140. The third-order valence-corrected chi connectivity index (χ3v) is 4.29. The summed E-state index contributed by atoms with van der Waals surface area (Å²) in [6.07, 6.45) is 1.67. The molecule has 122 valence electrons. The normalized spacial score (nSPS) is 11.3. The molecule has 5 heteroatoms. The van der Waals surface area contributed by atoms with E-state index in [9.17, 15) is 4.79 Å². The number of carbonyl (C=O) groups excluding carboxylic acids is 1. The molecule has 0 atom stereocenters. The number of aryl methyl sites for hydroxylation is 3. The van der Waals surface area contributed by atoms with Crippen molar-refractivity contribution < 1.29 is 9.21 Å². The van der Waals surface area contributed by atoms with Crippen molar-refractivity contribution in [2.24, 2.45) is 5.10 Å². The Balaban J connectivity index is 1.77.